The van der Waals surface area contributed by atoms with Crippen LogP contribution in [0.1, 0.15) is 29.8 Å². The van der Waals surface area contributed by atoms with Crippen molar-refractivity contribution in [3.05, 3.63) is 21.9 Å². The van der Waals surface area contributed by atoms with Crippen LogP contribution in [0.5, 0.6) is 0 Å². The maximum Gasteiger partial charge on any atom is 0.0416 e. The van der Waals surface area contributed by atoms with E-state index in [0.29, 0.717) is 12.1 Å². The topological polar surface area (TPSA) is 15.3 Å². The van der Waals surface area contributed by atoms with Crippen LogP contribution in [0.2, 0.25) is 0 Å². The van der Waals surface area contributed by atoms with E-state index in [1.165, 1.54) is 30.0 Å². The highest BCUT2D eigenvalue weighted by Crippen LogP contribution is 2.30. The van der Waals surface area contributed by atoms with Gasteiger partial charge in [0.1, 0.15) is 0 Å². The first-order valence-corrected chi connectivity index (χ1v) is 6.55. The Morgan fingerprint density at radius 2 is 2.40 bits per heavy atom. The van der Waals surface area contributed by atoms with E-state index >= 15 is 0 Å². The van der Waals surface area contributed by atoms with Crippen molar-refractivity contribution in [3.63, 3.8) is 0 Å². The third-order valence-electron chi connectivity index (χ3n) is 3.46. The average molecular weight is 224 g/mol. The molecule has 1 aromatic heterocycles. The van der Waals surface area contributed by atoms with Crippen LogP contribution in [0.15, 0.2) is 11.4 Å². The van der Waals surface area contributed by atoms with Crippen molar-refractivity contribution in [2.24, 2.45) is 0 Å². The molecule has 3 heteroatoms. The predicted octanol–water partition coefficient (Wildman–Crippen LogP) is 2.41. The molecule has 2 unspecified atom stereocenters. The molecule has 0 radical (unpaired) electrons. The Labute approximate surface area is 96.3 Å². The van der Waals surface area contributed by atoms with Crippen LogP contribution in [0.3, 0.4) is 0 Å². The van der Waals surface area contributed by atoms with E-state index in [4.69, 9.17) is 0 Å². The third-order valence-corrected chi connectivity index (χ3v) is 4.65. The van der Waals surface area contributed by atoms with Gasteiger partial charge in [0.2, 0.25) is 0 Å². The van der Waals surface area contributed by atoms with Gasteiger partial charge in [-0.2, -0.15) is 0 Å². The molecule has 84 valence electrons. The predicted molar refractivity (Wildman–Crippen MR) is 66.5 cm³/mol. The molecule has 2 atom stereocenters. The summed E-state index contributed by atoms with van der Waals surface area (Å²) in [7, 11) is 2.06. The normalized spacial score (nSPS) is 24.6. The summed E-state index contributed by atoms with van der Waals surface area (Å²) in [5.74, 6) is 0. The first kappa shape index (κ1) is 11.1. The lowest BCUT2D eigenvalue weighted by molar-refractivity contribution is 0.260. The monoisotopic (exact) mass is 224 g/mol. The zero-order chi connectivity index (χ0) is 10.8. The van der Waals surface area contributed by atoms with E-state index in [1.807, 2.05) is 11.3 Å². The molecule has 2 nitrogen and oxygen atoms in total. The van der Waals surface area contributed by atoms with E-state index in [2.05, 4.69) is 42.6 Å². The molecule has 1 aliphatic rings. The fourth-order valence-corrected chi connectivity index (χ4v) is 3.37. The van der Waals surface area contributed by atoms with Crippen molar-refractivity contribution in [1.82, 2.24) is 10.2 Å². The lowest BCUT2D eigenvalue weighted by Crippen LogP contribution is -2.31. The SMILES string of the molecule is CNC1CCN(C(C)c2sccc2C)C1. The van der Waals surface area contributed by atoms with Crippen molar-refractivity contribution < 1.29 is 0 Å². The number of rotatable bonds is 3. The summed E-state index contributed by atoms with van der Waals surface area (Å²) >= 11 is 1.89. The summed E-state index contributed by atoms with van der Waals surface area (Å²) in [6.07, 6.45) is 1.28. The molecule has 0 bridgehead atoms. The summed E-state index contributed by atoms with van der Waals surface area (Å²) in [5.41, 5.74) is 1.44. The number of nitrogens with one attached hydrogen (secondary N) is 1. The Balaban J connectivity index is 2.03. The van der Waals surface area contributed by atoms with Crippen molar-refractivity contribution in [1.29, 1.82) is 0 Å². The minimum absolute atomic E-state index is 0.586. The van der Waals surface area contributed by atoms with Crippen molar-refractivity contribution in [3.8, 4) is 0 Å². The zero-order valence-corrected chi connectivity index (χ0v) is 10.6. The maximum absolute atomic E-state index is 3.37. The molecule has 0 amide bonds. The van der Waals surface area contributed by atoms with E-state index in [1.54, 1.807) is 0 Å². The van der Waals surface area contributed by atoms with Crippen LogP contribution in [0.25, 0.3) is 0 Å². The molecule has 2 rings (SSSR count). The molecular formula is C12H20N2S. The number of likely N-dealkylation sites (N-methyl/N-ethyl adjacent to an activating group) is 1. The Morgan fingerprint density at radius 1 is 1.60 bits per heavy atom. The van der Waals surface area contributed by atoms with Crippen molar-refractivity contribution in [2.45, 2.75) is 32.4 Å². The lowest BCUT2D eigenvalue weighted by atomic mass is 10.2. The van der Waals surface area contributed by atoms with E-state index in [9.17, 15) is 0 Å². The molecular weight excluding hydrogens is 204 g/mol. The van der Waals surface area contributed by atoms with Gasteiger partial charge in [-0.3, -0.25) is 4.90 Å². The Kier molecular flexibility index (Phi) is 3.44. The van der Waals surface area contributed by atoms with Gasteiger partial charge in [0, 0.05) is 30.1 Å². The second-order valence-electron chi connectivity index (χ2n) is 4.41. The van der Waals surface area contributed by atoms with E-state index < -0.39 is 0 Å². The molecule has 1 aliphatic heterocycles. The van der Waals surface area contributed by atoms with Crippen LogP contribution in [-0.4, -0.2) is 31.1 Å². The number of likely N-dealkylation sites (tertiary alicyclic amines) is 1. The average Bonchev–Trinajstić information content (AvgIpc) is 2.84. The highest BCUT2D eigenvalue weighted by molar-refractivity contribution is 7.10. The maximum atomic E-state index is 3.37. The fourth-order valence-electron chi connectivity index (χ4n) is 2.35. The first-order valence-electron chi connectivity index (χ1n) is 5.67. The number of hydrogen-bond acceptors (Lipinski definition) is 3. The zero-order valence-electron chi connectivity index (χ0n) is 9.79. The Hall–Kier alpha value is -0.380. The summed E-state index contributed by atoms with van der Waals surface area (Å²) in [5, 5.41) is 5.57. The van der Waals surface area contributed by atoms with Gasteiger partial charge in [0.25, 0.3) is 0 Å². The van der Waals surface area contributed by atoms with E-state index in [0.717, 1.165) is 0 Å². The summed E-state index contributed by atoms with van der Waals surface area (Å²) < 4.78 is 0. The fraction of sp³-hybridized carbons (Fsp3) is 0.667. The molecule has 2 heterocycles. The van der Waals surface area contributed by atoms with Crippen LogP contribution in [0, 0.1) is 6.92 Å². The lowest BCUT2D eigenvalue weighted by Gasteiger charge is -2.24. The smallest absolute Gasteiger partial charge is 0.0416 e. The molecule has 0 spiro atoms. The van der Waals surface area contributed by atoms with Crippen LogP contribution in [-0.2, 0) is 0 Å². The first-order chi connectivity index (χ1) is 7.22. The number of nitrogens with zero attached hydrogens (tertiary/aromatic N) is 1. The van der Waals surface area contributed by atoms with Gasteiger partial charge >= 0.3 is 0 Å². The van der Waals surface area contributed by atoms with Gasteiger partial charge < -0.3 is 5.32 Å². The molecule has 0 aliphatic carbocycles. The third kappa shape index (κ3) is 2.25. The highest BCUT2D eigenvalue weighted by atomic mass is 32.1. The number of aryl methyl sites for hydroxylation is 1. The second-order valence-corrected chi connectivity index (χ2v) is 5.36. The molecule has 0 saturated carbocycles. The van der Waals surface area contributed by atoms with Gasteiger partial charge in [0.15, 0.2) is 0 Å². The van der Waals surface area contributed by atoms with Gasteiger partial charge in [-0.25, -0.2) is 0 Å². The van der Waals surface area contributed by atoms with Crippen molar-refractivity contribution >= 4 is 11.3 Å². The largest absolute Gasteiger partial charge is 0.316 e. The molecule has 15 heavy (non-hydrogen) atoms. The minimum Gasteiger partial charge on any atom is -0.316 e. The summed E-state index contributed by atoms with van der Waals surface area (Å²) in [6, 6.07) is 3.50. The number of hydrogen-bond donors (Lipinski definition) is 1. The standard InChI is InChI=1S/C12H20N2S/c1-9-5-7-15-12(9)10(2)14-6-4-11(8-14)13-3/h5,7,10-11,13H,4,6,8H2,1-3H3. The molecule has 1 N–H and O–H groups in total. The molecule has 1 aromatic rings. The van der Waals surface area contributed by atoms with E-state index in [-0.39, 0.29) is 0 Å². The van der Waals surface area contributed by atoms with Crippen LogP contribution < -0.4 is 5.32 Å². The molecule has 1 saturated heterocycles. The Bertz CT molecular complexity index is 321. The van der Waals surface area contributed by atoms with Crippen LogP contribution >= 0.6 is 11.3 Å². The summed E-state index contributed by atoms with van der Waals surface area (Å²) in [4.78, 5) is 4.12. The van der Waals surface area contributed by atoms with Gasteiger partial charge in [-0.1, -0.05) is 0 Å². The number of thiophene rings is 1. The Morgan fingerprint density at radius 3 is 2.93 bits per heavy atom. The minimum atomic E-state index is 0.586. The van der Waals surface area contributed by atoms with Gasteiger partial charge in [-0.05, 0) is 44.3 Å². The second kappa shape index (κ2) is 4.64. The summed E-state index contributed by atoms with van der Waals surface area (Å²) in [6.45, 7) is 6.96. The molecule has 0 aromatic carbocycles. The highest BCUT2D eigenvalue weighted by Gasteiger charge is 2.26. The van der Waals surface area contributed by atoms with Crippen LogP contribution in [0.4, 0.5) is 0 Å². The van der Waals surface area contributed by atoms with Gasteiger partial charge in [0.05, 0.1) is 0 Å². The van der Waals surface area contributed by atoms with Crippen molar-refractivity contribution in [2.75, 3.05) is 20.1 Å². The quantitative estimate of drug-likeness (QED) is 0.848. The van der Waals surface area contributed by atoms with Gasteiger partial charge in [-0.15, -0.1) is 11.3 Å². The molecule has 1 fully saturated rings.